The third kappa shape index (κ3) is 4.96. The van der Waals surface area contributed by atoms with E-state index in [-0.39, 0.29) is 23.3 Å². The maximum atomic E-state index is 12.6. The first-order chi connectivity index (χ1) is 10.4. The Balaban J connectivity index is 0.00000264. The zero-order chi connectivity index (χ0) is 16.3. The quantitative estimate of drug-likeness (QED) is 0.751. The molecule has 1 aromatic rings. The van der Waals surface area contributed by atoms with Crippen LogP contribution < -0.4 is 19.5 Å². The molecule has 0 saturated carbocycles. The Hall–Kier alpha value is -0.540. The summed E-state index contributed by atoms with van der Waals surface area (Å²) in [5.41, 5.74) is 0. The van der Waals surface area contributed by atoms with E-state index in [1.807, 2.05) is 6.92 Å². The average molecular weight is 430 g/mol. The minimum Gasteiger partial charge on any atom is -0.493 e. The van der Waals surface area contributed by atoms with Gasteiger partial charge in [0.2, 0.25) is 10.0 Å². The largest absolute Gasteiger partial charge is 0.493 e. The molecule has 132 valence electrons. The summed E-state index contributed by atoms with van der Waals surface area (Å²) in [6.07, 6.45) is 1.54. The first kappa shape index (κ1) is 20.5. The lowest BCUT2D eigenvalue weighted by molar-refractivity contribution is 0.352. The number of methoxy groups -OCH3 is 2. The van der Waals surface area contributed by atoms with E-state index in [0.717, 1.165) is 19.4 Å². The molecule has 1 saturated heterocycles. The summed E-state index contributed by atoms with van der Waals surface area (Å²) in [7, 11) is -0.648. The van der Waals surface area contributed by atoms with Crippen LogP contribution in [0.1, 0.15) is 19.8 Å². The molecule has 2 unspecified atom stereocenters. The zero-order valence-corrected chi connectivity index (χ0v) is 16.5. The van der Waals surface area contributed by atoms with Crippen molar-refractivity contribution in [3.63, 3.8) is 0 Å². The maximum absolute atomic E-state index is 12.6. The molecule has 0 aliphatic carbocycles. The second kappa shape index (κ2) is 8.53. The summed E-state index contributed by atoms with van der Waals surface area (Å²) in [5, 5.41) is 3.30. The van der Waals surface area contributed by atoms with E-state index in [2.05, 4.69) is 26.0 Å². The smallest absolute Gasteiger partial charge is 0.242 e. The van der Waals surface area contributed by atoms with Gasteiger partial charge in [-0.3, -0.25) is 0 Å². The molecule has 1 aliphatic rings. The van der Waals surface area contributed by atoms with Crippen LogP contribution in [0, 0.1) is 0 Å². The molecule has 1 fully saturated rings. The first-order valence-corrected chi connectivity index (χ1v) is 9.32. The van der Waals surface area contributed by atoms with Crippen molar-refractivity contribution >= 4 is 38.4 Å². The maximum Gasteiger partial charge on any atom is 0.242 e. The van der Waals surface area contributed by atoms with Crippen LogP contribution in [-0.4, -0.2) is 41.3 Å². The van der Waals surface area contributed by atoms with Crippen LogP contribution in [0.4, 0.5) is 0 Å². The fourth-order valence-electron chi connectivity index (χ4n) is 2.56. The molecule has 0 radical (unpaired) electrons. The number of halogens is 2. The van der Waals surface area contributed by atoms with Gasteiger partial charge in [0, 0.05) is 22.6 Å². The predicted molar refractivity (Wildman–Crippen MR) is 95.3 cm³/mol. The standard InChI is InChI=1S/C14H21BrN2O4S.ClH/c1-9-6-10(4-5-16-9)17-22(18,19)14-8-13(21-3)12(20-2)7-11(14)15;/h7-10,16-17H,4-6H2,1-3H3;1H. The molecular formula is C14H22BrClN2O4S. The van der Waals surface area contributed by atoms with Crippen LogP contribution in [0.15, 0.2) is 21.5 Å². The molecule has 1 aromatic carbocycles. The van der Waals surface area contributed by atoms with E-state index < -0.39 is 10.0 Å². The van der Waals surface area contributed by atoms with Crippen molar-refractivity contribution < 1.29 is 17.9 Å². The second-order valence-corrected chi connectivity index (χ2v) is 7.87. The summed E-state index contributed by atoms with van der Waals surface area (Å²) in [6.45, 7) is 2.86. The van der Waals surface area contributed by atoms with E-state index in [9.17, 15) is 8.42 Å². The first-order valence-electron chi connectivity index (χ1n) is 7.04. The van der Waals surface area contributed by atoms with Gasteiger partial charge in [-0.05, 0) is 48.3 Å². The summed E-state index contributed by atoms with van der Waals surface area (Å²) < 4.78 is 38.9. The topological polar surface area (TPSA) is 76.7 Å². The molecule has 2 atom stereocenters. The number of nitrogens with one attached hydrogen (secondary N) is 2. The molecule has 0 spiro atoms. The van der Waals surface area contributed by atoms with Gasteiger partial charge in [0.1, 0.15) is 4.90 Å². The van der Waals surface area contributed by atoms with Crippen molar-refractivity contribution in [1.29, 1.82) is 0 Å². The van der Waals surface area contributed by atoms with Crippen molar-refractivity contribution in [2.75, 3.05) is 20.8 Å². The fraction of sp³-hybridized carbons (Fsp3) is 0.571. The third-order valence-electron chi connectivity index (χ3n) is 3.67. The van der Waals surface area contributed by atoms with E-state index in [0.29, 0.717) is 22.0 Å². The number of rotatable bonds is 5. The van der Waals surface area contributed by atoms with Gasteiger partial charge < -0.3 is 14.8 Å². The Morgan fingerprint density at radius 2 is 1.87 bits per heavy atom. The van der Waals surface area contributed by atoms with E-state index in [1.165, 1.54) is 20.3 Å². The summed E-state index contributed by atoms with van der Waals surface area (Å²) in [6, 6.07) is 3.30. The Morgan fingerprint density at radius 3 is 2.43 bits per heavy atom. The van der Waals surface area contributed by atoms with Gasteiger partial charge in [0.15, 0.2) is 11.5 Å². The molecular weight excluding hydrogens is 408 g/mol. The number of piperidine rings is 1. The van der Waals surface area contributed by atoms with Crippen LogP contribution in [0.2, 0.25) is 0 Å². The van der Waals surface area contributed by atoms with Crippen LogP contribution in [0.3, 0.4) is 0 Å². The highest BCUT2D eigenvalue weighted by Crippen LogP contribution is 2.35. The van der Waals surface area contributed by atoms with Crippen LogP contribution >= 0.6 is 28.3 Å². The number of sulfonamides is 1. The lowest BCUT2D eigenvalue weighted by Crippen LogP contribution is -2.46. The minimum atomic E-state index is -3.63. The van der Waals surface area contributed by atoms with Crippen molar-refractivity contribution in [2.45, 2.75) is 36.7 Å². The highest BCUT2D eigenvalue weighted by Gasteiger charge is 2.27. The predicted octanol–water partition coefficient (Wildman–Crippen LogP) is 2.31. The minimum absolute atomic E-state index is 0. The Kier molecular flexibility index (Phi) is 7.60. The van der Waals surface area contributed by atoms with Crippen LogP contribution in [-0.2, 0) is 10.0 Å². The van der Waals surface area contributed by atoms with Crippen molar-refractivity contribution in [2.24, 2.45) is 0 Å². The lowest BCUT2D eigenvalue weighted by atomic mass is 10.0. The molecule has 23 heavy (non-hydrogen) atoms. The number of hydrogen-bond acceptors (Lipinski definition) is 5. The summed E-state index contributed by atoms with van der Waals surface area (Å²) in [4.78, 5) is 0.149. The molecule has 0 bridgehead atoms. The van der Waals surface area contributed by atoms with Gasteiger partial charge in [-0.15, -0.1) is 12.4 Å². The van der Waals surface area contributed by atoms with Crippen LogP contribution in [0.25, 0.3) is 0 Å². The summed E-state index contributed by atoms with van der Waals surface area (Å²) in [5.74, 6) is 0.855. The Morgan fingerprint density at radius 1 is 1.26 bits per heavy atom. The molecule has 0 aromatic heterocycles. The van der Waals surface area contributed by atoms with Crippen molar-refractivity contribution in [1.82, 2.24) is 10.0 Å². The van der Waals surface area contributed by atoms with E-state index in [1.54, 1.807) is 6.07 Å². The van der Waals surface area contributed by atoms with Crippen LogP contribution in [0.5, 0.6) is 11.5 Å². The molecule has 1 heterocycles. The van der Waals surface area contributed by atoms with E-state index in [4.69, 9.17) is 9.47 Å². The molecule has 2 rings (SSSR count). The van der Waals surface area contributed by atoms with Gasteiger partial charge >= 0.3 is 0 Å². The highest BCUT2D eigenvalue weighted by molar-refractivity contribution is 9.10. The second-order valence-electron chi connectivity index (χ2n) is 5.34. The Bertz CT molecular complexity index is 642. The monoisotopic (exact) mass is 428 g/mol. The number of ether oxygens (including phenoxy) is 2. The molecule has 9 heteroatoms. The molecule has 1 aliphatic heterocycles. The van der Waals surface area contributed by atoms with Gasteiger partial charge in [-0.2, -0.15) is 0 Å². The van der Waals surface area contributed by atoms with Gasteiger partial charge in [-0.25, -0.2) is 13.1 Å². The van der Waals surface area contributed by atoms with Crippen molar-refractivity contribution in [3.05, 3.63) is 16.6 Å². The molecule has 2 N–H and O–H groups in total. The summed E-state index contributed by atoms with van der Waals surface area (Å²) >= 11 is 3.30. The van der Waals surface area contributed by atoms with Gasteiger partial charge in [0.05, 0.1) is 14.2 Å². The zero-order valence-electron chi connectivity index (χ0n) is 13.3. The highest BCUT2D eigenvalue weighted by atomic mass is 79.9. The number of hydrogen-bond donors (Lipinski definition) is 2. The van der Waals surface area contributed by atoms with E-state index >= 15 is 0 Å². The average Bonchev–Trinajstić information content (AvgIpc) is 2.46. The number of benzene rings is 1. The van der Waals surface area contributed by atoms with Gasteiger partial charge in [-0.1, -0.05) is 0 Å². The third-order valence-corrected chi connectivity index (χ3v) is 6.15. The SMILES string of the molecule is COc1cc(Br)c(S(=O)(=O)NC2CCNC(C)C2)cc1OC.Cl. The van der Waals surface area contributed by atoms with Crippen molar-refractivity contribution in [3.8, 4) is 11.5 Å². The molecule has 0 amide bonds. The van der Waals surface area contributed by atoms with Gasteiger partial charge in [0.25, 0.3) is 0 Å². The fourth-order valence-corrected chi connectivity index (χ4v) is 4.88. The Labute approximate surface area is 151 Å². The lowest BCUT2D eigenvalue weighted by Gasteiger charge is -2.28. The normalized spacial score (nSPS) is 21.4. The molecule has 6 nitrogen and oxygen atoms in total.